The van der Waals surface area contributed by atoms with Crippen LogP contribution >= 0.6 is 0 Å². The van der Waals surface area contributed by atoms with Crippen LogP contribution in [-0.4, -0.2) is 77.6 Å². The van der Waals surface area contributed by atoms with Crippen molar-refractivity contribution in [2.45, 2.75) is 64.3 Å². The average Bonchev–Trinajstić information content (AvgIpc) is 2.87. The minimum Gasteiger partial charge on any atom is -0.481 e. The van der Waals surface area contributed by atoms with Gasteiger partial charge in [0.1, 0.15) is 0 Å². The van der Waals surface area contributed by atoms with Crippen LogP contribution in [0.3, 0.4) is 0 Å². The molecule has 8 nitrogen and oxygen atoms in total. The van der Waals surface area contributed by atoms with Crippen LogP contribution in [-0.2, 0) is 15.9 Å². The maximum Gasteiger partial charge on any atom is 0.496 e. The zero-order valence-electron chi connectivity index (χ0n) is 18.3. The van der Waals surface area contributed by atoms with E-state index < -0.39 is 24.4 Å². The zero-order valence-corrected chi connectivity index (χ0v) is 18.3. The van der Waals surface area contributed by atoms with Gasteiger partial charge in [-0.3, -0.25) is 0 Å². The van der Waals surface area contributed by atoms with Crippen molar-refractivity contribution in [1.29, 1.82) is 0 Å². The van der Waals surface area contributed by atoms with Crippen molar-refractivity contribution in [3.05, 3.63) is 17.8 Å². The summed E-state index contributed by atoms with van der Waals surface area (Å²) in [5.41, 5.74) is 0.548. The van der Waals surface area contributed by atoms with E-state index in [1.165, 1.54) is 4.90 Å². The highest BCUT2D eigenvalue weighted by Crippen LogP contribution is 2.36. The molecular formula is C20H32BN3O5. The van der Waals surface area contributed by atoms with Crippen LogP contribution in [0.15, 0.2) is 12.3 Å². The molecule has 0 unspecified atom stereocenters. The molecule has 0 radical (unpaired) electrons. The van der Waals surface area contributed by atoms with E-state index in [0.717, 1.165) is 31.4 Å². The number of carbonyl (C=O) groups is 1. The van der Waals surface area contributed by atoms with Gasteiger partial charge < -0.3 is 29.0 Å². The van der Waals surface area contributed by atoms with Gasteiger partial charge in [-0.2, -0.15) is 0 Å². The molecular weight excluding hydrogens is 373 g/mol. The molecule has 9 heteroatoms. The zero-order chi connectivity index (χ0) is 21.4. The highest BCUT2D eigenvalue weighted by atomic mass is 16.7. The molecule has 1 aromatic rings. The lowest BCUT2D eigenvalue weighted by Gasteiger charge is -2.35. The fourth-order valence-electron chi connectivity index (χ4n) is 3.76. The van der Waals surface area contributed by atoms with Gasteiger partial charge in [0.25, 0.3) is 0 Å². The molecule has 1 N–H and O–H groups in total. The second-order valence-electron chi connectivity index (χ2n) is 8.97. The third-order valence-electron chi connectivity index (χ3n) is 6.38. The Balaban J connectivity index is 1.84. The molecule has 2 saturated heterocycles. The molecule has 3 heterocycles. The lowest BCUT2D eigenvalue weighted by atomic mass is 9.79. The van der Waals surface area contributed by atoms with Crippen LogP contribution in [0.1, 0.15) is 46.1 Å². The molecule has 2 aliphatic rings. The van der Waals surface area contributed by atoms with Crippen LogP contribution in [0.4, 0.5) is 4.79 Å². The largest absolute Gasteiger partial charge is 0.496 e. The Hall–Kier alpha value is -1.84. The molecule has 0 saturated carbocycles. The number of methoxy groups -OCH3 is 1. The number of likely N-dealkylation sites (tertiary alicyclic amines) is 1. The summed E-state index contributed by atoms with van der Waals surface area (Å²) in [5.74, 6) is 0.421. The molecule has 0 bridgehead atoms. The normalized spacial score (nSPS) is 21.9. The smallest absolute Gasteiger partial charge is 0.481 e. The summed E-state index contributed by atoms with van der Waals surface area (Å²) in [6.45, 7) is 9.98. The Morgan fingerprint density at radius 2 is 1.90 bits per heavy atom. The van der Waals surface area contributed by atoms with Gasteiger partial charge >= 0.3 is 13.2 Å². The molecule has 0 aliphatic carbocycles. The monoisotopic (exact) mass is 405 g/mol. The van der Waals surface area contributed by atoms with Gasteiger partial charge in [0.05, 0.1) is 24.9 Å². The second-order valence-corrected chi connectivity index (χ2v) is 8.97. The quantitative estimate of drug-likeness (QED) is 0.750. The maximum absolute atomic E-state index is 12.0. The van der Waals surface area contributed by atoms with E-state index in [2.05, 4.69) is 16.9 Å². The minimum atomic E-state index is -0.928. The summed E-state index contributed by atoms with van der Waals surface area (Å²) < 4.78 is 17.7. The summed E-state index contributed by atoms with van der Waals surface area (Å²) in [7, 11) is 3.04. The molecule has 1 amide bonds. The SMILES string of the molecule is COc1ncc(B2OC(C)(C)C(C)(C)O2)cc1CN(C(=O)O)C1CCN(C)CC1. The Bertz CT molecular complexity index is 734. The fraction of sp³-hybridized carbons (Fsp3) is 0.700. The van der Waals surface area contributed by atoms with Gasteiger partial charge in [-0.1, -0.05) is 6.07 Å². The summed E-state index contributed by atoms with van der Waals surface area (Å²) >= 11 is 0. The minimum absolute atomic E-state index is 0.0195. The number of ether oxygens (including phenoxy) is 1. The fourth-order valence-corrected chi connectivity index (χ4v) is 3.76. The molecule has 160 valence electrons. The van der Waals surface area contributed by atoms with Crippen molar-refractivity contribution >= 4 is 18.7 Å². The average molecular weight is 405 g/mol. The Kier molecular flexibility index (Phi) is 6.12. The number of amides is 1. The number of carboxylic acid groups (broad SMARTS) is 1. The van der Waals surface area contributed by atoms with Crippen LogP contribution in [0.2, 0.25) is 0 Å². The van der Waals surface area contributed by atoms with Gasteiger partial charge in [-0.05, 0) is 60.7 Å². The van der Waals surface area contributed by atoms with Crippen LogP contribution < -0.4 is 10.2 Å². The summed E-state index contributed by atoms with van der Waals surface area (Å²) in [6, 6.07) is 1.87. The van der Waals surface area contributed by atoms with Gasteiger partial charge in [-0.25, -0.2) is 9.78 Å². The van der Waals surface area contributed by atoms with Crippen molar-refractivity contribution in [1.82, 2.24) is 14.8 Å². The number of nitrogens with zero attached hydrogens (tertiary/aromatic N) is 3. The number of hydrogen-bond acceptors (Lipinski definition) is 6. The molecule has 29 heavy (non-hydrogen) atoms. The first kappa shape index (κ1) is 21.9. The molecule has 2 fully saturated rings. The van der Waals surface area contributed by atoms with Crippen LogP contribution in [0, 0.1) is 0 Å². The van der Waals surface area contributed by atoms with E-state index in [1.54, 1.807) is 13.3 Å². The van der Waals surface area contributed by atoms with Crippen molar-refractivity contribution < 1.29 is 23.9 Å². The summed E-state index contributed by atoms with van der Waals surface area (Å²) in [4.78, 5) is 20.1. The van der Waals surface area contributed by atoms with Crippen molar-refractivity contribution in [2.75, 3.05) is 27.2 Å². The van der Waals surface area contributed by atoms with E-state index in [9.17, 15) is 9.90 Å². The Morgan fingerprint density at radius 3 is 2.41 bits per heavy atom. The van der Waals surface area contributed by atoms with Gasteiger partial charge in [0.2, 0.25) is 5.88 Å². The molecule has 1 aromatic heterocycles. The van der Waals surface area contributed by atoms with Crippen molar-refractivity contribution in [3.63, 3.8) is 0 Å². The summed E-state index contributed by atoms with van der Waals surface area (Å²) in [6.07, 6.45) is 2.37. The van der Waals surface area contributed by atoms with Crippen LogP contribution in [0.25, 0.3) is 0 Å². The second kappa shape index (κ2) is 8.12. The predicted molar refractivity (Wildman–Crippen MR) is 111 cm³/mol. The Morgan fingerprint density at radius 1 is 1.31 bits per heavy atom. The highest BCUT2D eigenvalue weighted by molar-refractivity contribution is 6.62. The van der Waals surface area contributed by atoms with Gasteiger partial charge in [0.15, 0.2) is 0 Å². The molecule has 2 aliphatic heterocycles. The van der Waals surface area contributed by atoms with Gasteiger partial charge in [-0.15, -0.1) is 0 Å². The van der Waals surface area contributed by atoms with Crippen molar-refractivity contribution in [3.8, 4) is 5.88 Å². The number of piperidine rings is 1. The molecule has 0 aromatic carbocycles. The number of hydrogen-bond donors (Lipinski definition) is 1. The summed E-state index contributed by atoms with van der Waals surface area (Å²) in [5, 5.41) is 9.84. The van der Waals surface area contributed by atoms with Gasteiger partial charge in [0, 0.05) is 23.3 Å². The van der Waals surface area contributed by atoms with E-state index in [0.29, 0.717) is 11.4 Å². The first-order chi connectivity index (χ1) is 13.5. The van der Waals surface area contributed by atoms with E-state index >= 15 is 0 Å². The highest BCUT2D eigenvalue weighted by Gasteiger charge is 2.52. The third-order valence-corrected chi connectivity index (χ3v) is 6.38. The number of pyridine rings is 1. The lowest BCUT2D eigenvalue weighted by molar-refractivity contribution is 0.00578. The van der Waals surface area contributed by atoms with Crippen molar-refractivity contribution in [2.24, 2.45) is 0 Å². The molecule has 0 spiro atoms. The number of rotatable bonds is 5. The lowest BCUT2D eigenvalue weighted by Crippen LogP contribution is -2.46. The van der Waals surface area contributed by atoms with Crippen LogP contribution in [0.5, 0.6) is 5.88 Å². The standard InChI is InChI=1S/C20H32BN3O5/c1-19(2)20(3,4)29-21(28-19)15-11-14(17(27-6)22-12-15)13-24(18(25)26)16-7-9-23(5)10-8-16/h11-12,16H,7-10,13H2,1-6H3,(H,25,26). The predicted octanol–water partition coefficient (Wildman–Crippen LogP) is 1.96. The topological polar surface area (TPSA) is 84.4 Å². The maximum atomic E-state index is 12.0. The van der Waals surface area contributed by atoms with E-state index in [1.807, 2.05) is 33.8 Å². The molecule has 3 rings (SSSR count). The van der Waals surface area contributed by atoms with E-state index in [4.69, 9.17) is 14.0 Å². The molecule has 0 atom stereocenters. The third kappa shape index (κ3) is 4.52. The Labute approximate surface area is 173 Å². The van der Waals surface area contributed by atoms with E-state index in [-0.39, 0.29) is 12.6 Å². The number of aromatic nitrogens is 1. The first-order valence-electron chi connectivity index (χ1n) is 10.1. The first-order valence-corrected chi connectivity index (χ1v) is 10.1.